The van der Waals surface area contributed by atoms with Gasteiger partial charge in [-0.25, -0.2) is 0 Å². The summed E-state index contributed by atoms with van der Waals surface area (Å²) in [5, 5.41) is 0. The summed E-state index contributed by atoms with van der Waals surface area (Å²) in [4.78, 5) is 0. The third-order valence-electron chi connectivity index (χ3n) is 3.13. The van der Waals surface area contributed by atoms with E-state index in [-0.39, 0.29) is 0 Å². The van der Waals surface area contributed by atoms with Crippen LogP contribution < -0.4 is 0 Å². The van der Waals surface area contributed by atoms with Crippen LogP contribution in [0.15, 0.2) is 0 Å². The second kappa shape index (κ2) is 3.52. The Balaban J connectivity index is 2.53. The molecule has 0 aromatic carbocycles. The minimum absolute atomic E-state index is 0.454. The molecule has 1 rings (SSSR count). The van der Waals surface area contributed by atoms with Gasteiger partial charge < -0.3 is 0 Å². The van der Waals surface area contributed by atoms with E-state index in [4.69, 9.17) is 6.42 Å². The van der Waals surface area contributed by atoms with Crippen molar-refractivity contribution in [3.63, 3.8) is 0 Å². The van der Waals surface area contributed by atoms with Crippen LogP contribution in [0, 0.1) is 29.6 Å². The summed E-state index contributed by atoms with van der Waals surface area (Å²) in [6, 6.07) is 0. The Bertz CT molecular complexity index is 177. The van der Waals surface area contributed by atoms with E-state index in [0.29, 0.717) is 11.3 Å². The molecule has 0 amide bonds. The summed E-state index contributed by atoms with van der Waals surface area (Å²) >= 11 is 0. The second-order valence-corrected chi connectivity index (χ2v) is 5.09. The largest absolute Gasteiger partial charge is 0.120 e. The molecule has 0 aliphatic heterocycles. The Kier molecular flexibility index (Phi) is 2.83. The van der Waals surface area contributed by atoms with Gasteiger partial charge in [-0.05, 0) is 30.6 Å². The van der Waals surface area contributed by atoms with E-state index in [0.717, 1.165) is 5.92 Å². The van der Waals surface area contributed by atoms with Gasteiger partial charge in [0.15, 0.2) is 0 Å². The molecule has 0 N–H and O–H groups in total. The van der Waals surface area contributed by atoms with Crippen LogP contribution in [0.3, 0.4) is 0 Å². The molecule has 0 spiro atoms. The normalized spacial score (nSPS) is 31.2. The van der Waals surface area contributed by atoms with E-state index in [9.17, 15) is 0 Å². The summed E-state index contributed by atoms with van der Waals surface area (Å²) in [6.45, 7) is 6.99. The molecule has 0 radical (unpaired) electrons. The van der Waals surface area contributed by atoms with Crippen molar-refractivity contribution in [1.29, 1.82) is 0 Å². The van der Waals surface area contributed by atoms with E-state index in [1.807, 2.05) is 0 Å². The maximum Gasteiger partial charge on any atom is 0.0203 e. The molecule has 1 aliphatic rings. The molecule has 0 saturated heterocycles. The smallest absolute Gasteiger partial charge is 0.0203 e. The second-order valence-electron chi connectivity index (χ2n) is 5.09. The van der Waals surface area contributed by atoms with Crippen molar-refractivity contribution >= 4 is 0 Å². The highest BCUT2D eigenvalue weighted by atomic mass is 14.3. The SMILES string of the molecule is C#C[C@H]1CCC[C@H](C(C)(C)C)C1. The number of hydrogen-bond acceptors (Lipinski definition) is 0. The summed E-state index contributed by atoms with van der Waals surface area (Å²) < 4.78 is 0. The van der Waals surface area contributed by atoms with Gasteiger partial charge in [0.2, 0.25) is 0 Å². The maximum absolute atomic E-state index is 5.46. The zero-order valence-electron chi connectivity index (χ0n) is 8.56. The lowest BCUT2D eigenvalue weighted by atomic mass is 9.69. The first-order chi connectivity index (χ1) is 5.54. The molecule has 0 bridgehead atoms. The van der Waals surface area contributed by atoms with Crippen LogP contribution in [0.5, 0.6) is 0 Å². The van der Waals surface area contributed by atoms with Crippen LogP contribution in [0.2, 0.25) is 0 Å². The standard InChI is InChI=1S/C12H20/c1-5-10-7-6-8-11(9-10)12(2,3)4/h1,10-11H,6-9H2,2-4H3/t10-,11-/m0/s1. The summed E-state index contributed by atoms with van der Waals surface area (Å²) in [7, 11) is 0. The van der Waals surface area contributed by atoms with E-state index in [2.05, 4.69) is 26.7 Å². The van der Waals surface area contributed by atoms with Crippen molar-refractivity contribution < 1.29 is 0 Å². The molecular formula is C12H20. The van der Waals surface area contributed by atoms with Gasteiger partial charge in [-0.1, -0.05) is 27.2 Å². The van der Waals surface area contributed by atoms with Gasteiger partial charge in [0.25, 0.3) is 0 Å². The topological polar surface area (TPSA) is 0 Å². The van der Waals surface area contributed by atoms with Gasteiger partial charge in [0.05, 0.1) is 0 Å². The summed E-state index contributed by atoms with van der Waals surface area (Å²) in [5.41, 5.74) is 0.454. The molecule has 1 fully saturated rings. The Hall–Kier alpha value is -0.440. The van der Waals surface area contributed by atoms with Crippen LogP contribution in [0.1, 0.15) is 46.5 Å². The zero-order valence-corrected chi connectivity index (χ0v) is 8.56. The Morgan fingerprint density at radius 2 is 1.92 bits per heavy atom. The molecule has 68 valence electrons. The fourth-order valence-corrected chi connectivity index (χ4v) is 2.13. The quantitative estimate of drug-likeness (QED) is 0.481. The Morgan fingerprint density at radius 3 is 2.42 bits per heavy atom. The van der Waals surface area contributed by atoms with Crippen molar-refractivity contribution in [3.05, 3.63) is 0 Å². The molecule has 1 aliphatic carbocycles. The molecule has 0 heteroatoms. The predicted molar refractivity (Wildman–Crippen MR) is 53.7 cm³/mol. The summed E-state index contributed by atoms with van der Waals surface area (Å²) in [5.74, 6) is 4.30. The van der Waals surface area contributed by atoms with Crippen LogP contribution in [-0.2, 0) is 0 Å². The van der Waals surface area contributed by atoms with Crippen LogP contribution >= 0.6 is 0 Å². The highest BCUT2D eigenvalue weighted by Crippen LogP contribution is 2.39. The van der Waals surface area contributed by atoms with Crippen molar-refractivity contribution in [3.8, 4) is 12.3 Å². The van der Waals surface area contributed by atoms with E-state index >= 15 is 0 Å². The fraction of sp³-hybridized carbons (Fsp3) is 0.833. The van der Waals surface area contributed by atoms with Crippen LogP contribution in [0.4, 0.5) is 0 Å². The first kappa shape index (κ1) is 9.65. The van der Waals surface area contributed by atoms with Gasteiger partial charge in [-0.15, -0.1) is 12.3 Å². The van der Waals surface area contributed by atoms with Crippen molar-refractivity contribution in [2.75, 3.05) is 0 Å². The minimum Gasteiger partial charge on any atom is -0.120 e. The molecular weight excluding hydrogens is 144 g/mol. The lowest BCUT2D eigenvalue weighted by Crippen LogP contribution is -2.26. The molecule has 2 atom stereocenters. The van der Waals surface area contributed by atoms with E-state index in [1.54, 1.807) is 0 Å². The van der Waals surface area contributed by atoms with Crippen molar-refractivity contribution in [1.82, 2.24) is 0 Å². The fourth-order valence-electron chi connectivity index (χ4n) is 2.13. The molecule has 0 heterocycles. The number of rotatable bonds is 0. The maximum atomic E-state index is 5.46. The van der Waals surface area contributed by atoms with Crippen LogP contribution in [-0.4, -0.2) is 0 Å². The molecule has 12 heavy (non-hydrogen) atoms. The molecule has 0 nitrogen and oxygen atoms in total. The van der Waals surface area contributed by atoms with Gasteiger partial charge in [0.1, 0.15) is 0 Å². The Labute approximate surface area is 76.7 Å². The lowest BCUT2D eigenvalue weighted by Gasteiger charge is -2.36. The first-order valence-electron chi connectivity index (χ1n) is 5.00. The molecule has 0 aromatic rings. The van der Waals surface area contributed by atoms with Crippen molar-refractivity contribution in [2.24, 2.45) is 17.3 Å². The average molecular weight is 164 g/mol. The van der Waals surface area contributed by atoms with E-state index < -0.39 is 0 Å². The van der Waals surface area contributed by atoms with Gasteiger partial charge in [0, 0.05) is 5.92 Å². The number of terminal acetylenes is 1. The predicted octanol–water partition coefficient (Wildman–Crippen LogP) is 3.47. The van der Waals surface area contributed by atoms with Crippen molar-refractivity contribution in [2.45, 2.75) is 46.5 Å². The third-order valence-corrected chi connectivity index (χ3v) is 3.13. The average Bonchev–Trinajstić information content (AvgIpc) is 2.03. The Morgan fingerprint density at radius 1 is 1.25 bits per heavy atom. The lowest BCUT2D eigenvalue weighted by molar-refractivity contribution is 0.160. The highest BCUT2D eigenvalue weighted by Gasteiger charge is 2.29. The highest BCUT2D eigenvalue weighted by molar-refractivity contribution is 4.97. The molecule has 0 aromatic heterocycles. The van der Waals surface area contributed by atoms with Gasteiger partial charge >= 0.3 is 0 Å². The van der Waals surface area contributed by atoms with E-state index in [1.165, 1.54) is 25.7 Å². The van der Waals surface area contributed by atoms with Gasteiger partial charge in [-0.3, -0.25) is 0 Å². The van der Waals surface area contributed by atoms with Gasteiger partial charge in [-0.2, -0.15) is 0 Å². The molecule has 0 unspecified atom stereocenters. The number of hydrogen-bond donors (Lipinski definition) is 0. The monoisotopic (exact) mass is 164 g/mol. The van der Waals surface area contributed by atoms with Crippen LogP contribution in [0.25, 0.3) is 0 Å². The first-order valence-corrected chi connectivity index (χ1v) is 5.00. The zero-order chi connectivity index (χ0) is 9.19. The minimum atomic E-state index is 0.454. The summed E-state index contributed by atoms with van der Waals surface area (Å²) in [6.07, 6.45) is 10.7. The third kappa shape index (κ3) is 2.27. The molecule has 1 saturated carbocycles.